The Morgan fingerprint density at radius 1 is 1.06 bits per heavy atom. The Morgan fingerprint density at radius 3 is 2.52 bits per heavy atom. The van der Waals surface area contributed by atoms with Gasteiger partial charge < -0.3 is 10.2 Å². The van der Waals surface area contributed by atoms with E-state index in [-0.39, 0.29) is 24.4 Å². The lowest BCUT2D eigenvalue weighted by Crippen LogP contribution is -2.31. The molecule has 0 aliphatic heterocycles. The molecule has 162 valence electrons. The van der Waals surface area contributed by atoms with Gasteiger partial charge in [-0.1, -0.05) is 41.9 Å². The third-order valence-corrected chi connectivity index (χ3v) is 5.24. The number of aryl methyl sites for hydroxylation is 1. The average Bonchev–Trinajstić information content (AvgIpc) is 2.80. The quantitative estimate of drug-likeness (QED) is 0.486. The lowest BCUT2D eigenvalue weighted by Gasteiger charge is -2.23. The summed E-state index contributed by atoms with van der Waals surface area (Å²) in [4.78, 5) is 26.6. The molecule has 3 aromatic rings. The summed E-state index contributed by atoms with van der Waals surface area (Å²) in [5.74, 6) is -0.0895. The van der Waals surface area contributed by atoms with Crippen molar-refractivity contribution in [3.05, 3.63) is 82.1 Å². The Morgan fingerprint density at radius 2 is 1.81 bits per heavy atom. The fourth-order valence-corrected chi connectivity index (χ4v) is 3.41. The fourth-order valence-electron chi connectivity index (χ4n) is 3.29. The Labute approximate surface area is 187 Å². The molecule has 3 rings (SSSR count). The van der Waals surface area contributed by atoms with Gasteiger partial charge in [-0.05, 0) is 43.7 Å². The van der Waals surface area contributed by atoms with Gasteiger partial charge in [-0.15, -0.1) is 0 Å². The first-order valence-electron chi connectivity index (χ1n) is 10.5. The van der Waals surface area contributed by atoms with E-state index in [1.807, 2.05) is 30.3 Å². The van der Waals surface area contributed by atoms with Crippen LogP contribution < -0.4 is 15.8 Å². The summed E-state index contributed by atoms with van der Waals surface area (Å²) in [6.07, 6.45) is 1.05. The molecule has 7 heteroatoms. The number of para-hydroxylation sites is 1. The molecule has 0 radical (unpaired) electrons. The van der Waals surface area contributed by atoms with Crippen molar-refractivity contribution < 1.29 is 4.79 Å². The Balaban J connectivity index is 1.47. The maximum Gasteiger partial charge on any atom is 0.266 e. The smallest absolute Gasteiger partial charge is 0.266 e. The molecule has 1 amide bonds. The highest BCUT2D eigenvalue weighted by atomic mass is 35.5. The lowest BCUT2D eigenvalue weighted by molar-refractivity contribution is -0.121. The molecule has 0 aliphatic carbocycles. The SMILES string of the molecule is CCN(CCCNC(=O)CCn1nc(-c2ccc(Cl)cc2)ccc1=O)c1ccccc1. The van der Waals surface area contributed by atoms with E-state index in [1.54, 1.807) is 18.2 Å². The molecule has 0 aliphatic rings. The number of nitrogens with zero attached hydrogens (tertiary/aromatic N) is 3. The number of halogens is 1. The van der Waals surface area contributed by atoms with E-state index in [9.17, 15) is 9.59 Å². The summed E-state index contributed by atoms with van der Waals surface area (Å²) in [5.41, 5.74) is 2.48. The zero-order chi connectivity index (χ0) is 22.1. The van der Waals surface area contributed by atoms with Crippen LogP contribution in [-0.2, 0) is 11.3 Å². The number of aromatic nitrogens is 2. The Bertz CT molecular complexity index is 1040. The van der Waals surface area contributed by atoms with Crippen LogP contribution >= 0.6 is 11.6 Å². The number of amides is 1. The van der Waals surface area contributed by atoms with Gasteiger partial charge in [0.1, 0.15) is 0 Å². The number of hydrogen-bond donors (Lipinski definition) is 1. The first kappa shape index (κ1) is 22.6. The second-order valence-corrected chi connectivity index (χ2v) is 7.59. The summed E-state index contributed by atoms with van der Waals surface area (Å²) in [7, 11) is 0. The normalized spacial score (nSPS) is 10.6. The zero-order valence-corrected chi connectivity index (χ0v) is 18.4. The predicted octanol–water partition coefficient (Wildman–Crippen LogP) is 3.99. The first-order valence-corrected chi connectivity index (χ1v) is 10.9. The van der Waals surface area contributed by atoms with Crippen molar-refractivity contribution in [1.82, 2.24) is 15.1 Å². The topological polar surface area (TPSA) is 67.2 Å². The molecule has 0 saturated carbocycles. The van der Waals surface area contributed by atoms with Crippen molar-refractivity contribution in [3.63, 3.8) is 0 Å². The van der Waals surface area contributed by atoms with Crippen LogP contribution in [-0.4, -0.2) is 35.3 Å². The minimum Gasteiger partial charge on any atom is -0.372 e. The van der Waals surface area contributed by atoms with Crippen LogP contribution in [0.15, 0.2) is 71.5 Å². The van der Waals surface area contributed by atoms with Crippen LogP contribution in [0.25, 0.3) is 11.3 Å². The molecule has 0 bridgehead atoms. The van der Waals surface area contributed by atoms with E-state index in [2.05, 4.69) is 34.4 Å². The van der Waals surface area contributed by atoms with E-state index in [4.69, 9.17) is 11.6 Å². The van der Waals surface area contributed by atoms with Crippen LogP contribution in [0.2, 0.25) is 5.02 Å². The first-order chi connectivity index (χ1) is 15.1. The molecule has 1 heterocycles. The summed E-state index contributed by atoms with van der Waals surface area (Å²) < 4.78 is 1.33. The molecular formula is C24H27ClN4O2. The maximum absolute atomic E-state index is 12.2. The Kier molecular flexibility index (Phi) is 8.24. The van der Waals surface area contributed by atoms with E-state index in [0.717, 1.165) is 25.1 Å². The molecule has 1 aromatic heterocycles. The monoisotopic (exact) mass is 438 g/mol. The number of anilines is 1. The highest BCUT2D eigenvalue weighted by Gasteiger charge is 2.08. The van der Waals surface area contributed by atoms with Gasteiger partial charge in [0.25, 0.3) is 5.56 Å². The predicted molar refractivity (Wildman–Crippen MR) is 126 cm³/mol. The highest BCUT2D eigenvalue weighted by Crippen LogP contribution is 2.18. The van der Waals surface area contributed by atoms with Gasteiger partial charge in [0.15, 0.2) is 0 Å². The van der Waals surface area contributed by atoms with Crippen molar-refractivity contribution in [2.75, 3.05) is 24.5 Å². The highest BCUT2D eigenvalue weighted by molar-refractivity contribution is 6.30. The molecule has 0 unspecified atom stereocenters. The third-order valence-electron chi connectivity index (χ3n) is 4.99. The van der Waals surface area contributed by atoms with Crippen molar-refractivity contribution in [1.29, 1.82) is 0 Å². The van der Waals surface area contributed by atoms with E-state index in [0.29, 0.717) is 17.3 Å². The standard InChI is InChI=1S/C24H27ClN4O2/c1-2-28(21-7-4-3-5-8-21)17-6-16-26-23(30)15-18-29-24(31)14-13-22(27-29)19-9-11-20(25)12-10-19/h3-5,7-14H,2,6,15-18H2,1H3,(H,26,30). The van der Waals surface area contributed by atoms with Gasteiger partial charge in [0.05, 0.1) is 12.2 Å². The van der Waals surface area contributed by atoms with Crippen LogP contribution in [0.1, 0.15) is 19.8 Å². The Hall–Kier alpha value is -3.12. The lowest BCUT2D eigenvalue weighted by atomic mass is 10.1. The van der Waals surface area contributed by atoms with Crippen LogP contribution in [0.5, 0.6) is 0 Å². The van der Waals surface area contributed by atoms with Gasteiger partial charge >= 0.3 is 0 Å². The fraction of sp³-hybridized carbons (Fsp3) is 0.292. The minimum absolute atomic E-state index is 0.0895. The largest absolute Gasteiger partial charge is 0.372 e. The van der Waals surface area contributed by atoms with Crippen LogP contribution in [0.3, 0.4) is 0 Å². The number of carbonyl (C=O) groups excluding carboxylic acids is 1. The molecule has 0 fully saturated rings. The maximum atomic E-state index is 12.2. The number of benzene rings is 2. The molecule has 2 aromatic carbocycles. The molecular weight excluding hydrogens is 412 g/mol. The third kappa shape index (κ3) is 6.69. The van der Waals surface area contributed by atoms with E-state index >= 15 is 0 Å². The number of nitrogens with one attached hydrogen (secondary N) is 1. The zero-order valence-electron chi connectivity index (χ0n) is 17.6. The van der Waals surface area contributed by atoms with Crippen molar-refractivity contribution in [2.24, 2.45) is 0 Å². The molecule has 0 spiro atoms. The molecule has 1 N–H and O–H groups in total. The van der Waals surface area contributed by atoms with Gasteiger partial charge in [-0.3, -0.25) is 9.59 Å². The number of rotatable bonds is 10. The number of carbonyl (C=O) groups is 1. The minimum atomic E-state index is -0.230. The van der Waals surface area contributed by atoms with Crippen molar-refractivity contribution in [3.8, 4) is 11.3 Å². The van der Waals surface area contributed by atoms with E-state index in [1.165, 1.54) is 16.4 Å². The van der Waals surface area contributed by atoms with Gasteiger partial charge in [-0.25, -0.2) is 4.68 Å². The summed E-state index contributed by atoms with van der Waals surface area (Å²) in [6.45, 7) is 4.72. The second-order valence-electron chi connectivity index (χ2n) is 7.16. The number of hydrogen-bond acceptors (Lipinski definition) is 4. The van der Waals surface area contributed by atoms with E-state index < -0.39 is 0 Å². The molecule has 0 saturated heterocycles. The van der Waals surface area contributed by atoms with Gasteiger partial charge in [0.2, 0.25) is 5.91 Å². The van der Waals surface area contributed by atoms with Crippen LogP contribution in [0, 0.1) is 0 Å². The summed E-state index contributed by atoms with van der Waals surface area (Å²) in [6, 6.07) is 20.6. The summed E-state index contributed by atoms with van der Waals surface area (Å²) in [5, 5.41) is 7.95. The second kappa shape index (κ2) is 11.3. The van der Waals surface area contributed by atoms with Gasteiger partial charge in [0, 0.05) is 48.4 Å². The molecule has 6 nitrogen and oxygen atoms in total. The molecule has 31 heavy (non-hydrogen) atoms. The van der Waals surface area contributed by atoms with Crippen molar-refractivity contribution in [2.45, 2.75) is 26.3 Å². The van der Waals surface area contributed by atoms with Crippen molar-refractivity contribution >= 4 is 23.2 Å². The van der Waals surface area contributed by atoms with Gasteiger partial charge in [-0.2, -0.15) is 5.10 Å². The summed E-state index contributed by atoms with van der Waals surface area (Å²) >= 11 is 5.93. The van der Waals surface area contributed by atoms with Crippen LogP contribution in [0.4, 0.5) is 5.69 Å². The molecule has 0 atom stereocenters. The average molecular weight is 439 g/mol.